The number of benzene rings is 1. The summed E-state index contributed by atoms with van der Waals surface area (Å²) < 4.78 is 11.7. The van der Waals surface area contributed by atoms with Crippen LogP contribution >= 0.6 is 0 Å². The van der Waals surface area contributed by atoms with Crippen LogP contribution in [0.15, 0.2) is 24.3 Å². The number of aliphatic hydroxyl groups excluding tert-OH is 2. The first-order valence-electron chi connectivity index (χ1n) is 7.86. The van der Waals surface area contributed by atoms with Gasteiger partial charge in [0.2, 0.25) is 0 Å². The molecule has 0 saturated carbocycles. The topological polar surface area (TPSA) is 65.4 Å². The summed E-state index contributed by atoms with van der Waals surface area (Å²) in [4.78, 5) is 4.55. The molecule has 1 fully saturated rings. The van der Waals surface area contributed by atoms with E-state index >= 15 is 0 Å². The predicted octanol–water partition coefficient (Wildman–Crippen LogP) is -0.203. The van der Waals surface area contributed by atoms with E-state index in [1.807, 2.05) is 24.3 Å². The zero-order valence-corrected chi connectivity index (χ0v) is 12.7. The van der Waals surface area contributed by atoms with Crippen LogP contribution in [0.2, 0.25) is 0 Å². The van der Waals surface area contributed by atoms with Crippen molar-refractivity contribution >= 4 is 0 Å². The summed E-state index contributed by atoms with van der Waals surface area (Å²) in [5.41, 5.74) is 0. The SMILES string of the molecule is OCC(O)CN1CCN(CC2COc3ccccc3O2)CC1. The maximum absolute atomic E-state index is 9.49. The first kappa shape index (κ1) is 15.6. The van der Waals surface area contributed by atoms with E-state index < -0.39 is 6.10 Å². The molecule has 3 rings (SSSR count). The van der Waals surface area contributed by atoms with E-state index in [4.69, 9.17) is 14.6 Å². The second kappa shape index (κ2) is 7.28. The van der Waals surface area contributed by atoms with Gasteiger partial charge in [-0.1, -0.05) is 12.1 Å². The molecule has 0 aromatic heterocycles. The molecule has 2 atom stereocenters. The van der Waals surface area contributed by atoms with Gasteiger partial charge in [-0.3, -0.25) is 9.80 Å². The molecule has 1 aromatic carbocycles. The highest BCUT2D eigenvalue weighted by atomic mass is 16.6. The van der Waals surface area contributed by atoms with Crippen molar-refractivity contribution in [2.24, 2.45) is 0 Å². The molecule has 122 valence electrons. The Kier molecular flexibility index (Phi) is 5.15. The smallest absolute Gasteiger partial charge is 0.161 e. The Bertz CT molecular complexity index is 477. The summed E-state index contributed by atoms with van der Waals surface area (Å²) in [7, 11) is 0. The van der Waals surface area contributed by atoms with Gasteiger partial charge in [-0.2, -0.15) is 0 Å². The Morgan fingerprint density at radius 3 is 2.50 bits per heavy atom. The molecule has 0 amide bonds. The largest absolute Gasteiger partial charge is 0.486 e. The molecule has 6 nitrogen and oxygen atoms in total. The average Bonchev–Trinajstić information content (AvgIpc) is 2.56. The molecule has 0 radical (unpaired) electrons. The fourth-order valence-electron chi connectivity index (χ4n) is 2.95. The highest BCUT2D eigenvalue weighted by molar-refractivity contribution is 5.40. The van der Waals surface area contributed by atoms with Crippen LogP contribution in [0.3, 0.4) is 0 Å². The number of β-amino-alcohol motifs (C(OH)–C–C–N with tert-alkyl or cyclic N) is 1. The molecule has 0 bridgehead atoms. The fourth-order valence-corrected chi connectivity index (χ4v) is 2.95. The van der Waals surface area contributed by atoms with Crippen LogP contribution in [0.5, 0.6) is 11.5 Å². The lowest BCUT2D eigenvalue weighted by Crippen LogP contribution is -2.52. The van der Waals surface area contributed by atoms with Gasteiger partial charge < -0.3 is 19.7 Å². The lowest BCUT2D eigenvalue weighted by Gasteiger charge is -2.37. The van der Waals surface area contributed by atoms with Crippen molar-refractivity contribution in [3.63, 3.8) is 0 Å². The third kappa shape index (κ3) is 3.89. The maximum atomic E-state index is 9.49. The van der Waals surface area contributed by atoms with Crippen molar-refractivity contribution in [2.45, 2.75) is 12.2 Å². The standard InChI is InChI=1S/C16H24N2O4/c19-11-13(20)9-17-5-7-18(8-6-17)10-14-12-21-15-3-1-2-4-16(15)22-14/h1-4,13-14,19-20H,5-12H2. The van der Waals surface area contributed by atoms with E-state index in [0.29, 0.717) is 13.2 Å². The van der Waals surface area contributed by atoms with Crippen molar-refractivity contribution in [3.8, 4) is 11.5 Å². The first-order valence-corrected chi connectivity index (χ1v) is 7.86. The Balaban J connectivity index is 1.44. The van der Waals surface area contributed by atoms with Gasteiger partial charge >= 0.3 is 0 Å². The van der Waals surface area contributed by atoms with E-state index in [2.05, 4.69) is 9.80 Å². The molecule has 1 aromatic rings. The van der Waals surface area contributed by atoms with Crippen LogP contribution in [0.4, 0.5) is 0 Å². The molecule has 2 aliphatic rings. The highest BCUT2D eigenvalue weighted by Gasteiger charge is 2.25. The molecule has 2 aliphatic heterocycles. The van der Waals surface area contributed by atoms with Gasteiger partial charge in [0.25, 0.3) is 0 Å². The molecular formula is C16H24N2O4. The summed E-state index contributed by atoms with van der Waals surface area (Å²) in [5.74, 6) is 1.64. The summed E-state index contributed by atoms with van der Waals surface area (Å²) in [6.45, 7) is 5.50. The number of para-hydroxylation sites is 2. The van der Waals surface area contributed by atoms with Crippen molar-refractivity contribution in [2.75, 3.05) is 52.5 Å². The minimum absolute atomic E-state index is 0.0597. The minimum Gasteiger partial charge on any atom is -0.486 e. The van der Waals surface area contributed by atoms with E-state index in [-0.39, 0.29) is 12.7 Å². The number of ether oxygens (including phenoxy) is 2. The second-order valence-corrected chi connectivity index (χ2v) is 5.94. The van der Waals surface area contributed by atoms with Crippen molar-refractivity contribution in [3.05, 3.63) is 24.3 Å². The minimum atomic E-state index is -0.641. The van der Waals surface area contributed by atoms with Crippen molar-refractivity contribution in [1.29, 1.82) is 0 Å². The molecule has 0 spiro atoms. The third-order valence-electron chi connectivity index (χ3n) is 4.17. The number of rotatable bonds is 5. The Hall–Kier alpha value is -1.34. The van der Waals surface area contributed by atoms with Gasteiger partial charge in [-0.15, -0.1) is 0 Å². The van der Waals surface area contributed by atoms with Gasteiger partial charge in [0.15, 0.2) is 11.5 Å². The fraction of sp³-hybridized carbons (Fsp3) is 0.625. The number of fused-ring (bicyclic) bond motifs is 1. The van der Waals surface area contributed by atoms with Crippen LogP contribution in [0.25, 0.3) is 0 Å². The van der Waals surface area contributed by atoms with Crippen LogP contribution < -0.4 is 9.47 Å². The number of aliphatic hydroxyl groups is 2. The third-order valence-corrected chi connectivity index (χ3v) is 4.17. The average molecular weight is 308 g/mol. The van der Waals surface area contributed by atoms with Gasteiger partial charge in [-0.25, -0.2) is 0 Å². The van der Waals surface area contributed by atoms with Crippen molar-refractivity contribution in [1.82, 2.24) is 9.80 Å². The zero-order valence-electron chi connectivity index (χ0n) is 12.7. The van der Waals surface area contributed by atoms with Crippen LogP contribution in [0, 0.1) is 0 Å². The normalized spacial score (nSPS) is 24.2. The van der Waals surface area contributed by atoms with Crippen LogP contribution in [0.1, 0.15) is 0 Å². The van der Waals surface area contributed by atoms with E-state index in [9.17, 15) is 5.11 Å². The molecule has 22 heavy (non-hydrogen) atoms. The predicted molar refractivity (Wildman–Crippen MR) is 82.3 cm³/mol. The lowest BCUT2D eigenvalue weighted by atomic mass is 10.2. The number of nitrogens with zero attached hydrogens (tertiary/aromatic N) is 2. The second-order valence-electron chi connectivity index (χ2n) is 5.94. The number of hydrogen-bond donors (Lipinski definition) is 2. The monoisotopic (exact) mass is 308 g/mol. The molecule has 6 heteroatoms. The van der Waals surface area contributed by atoms with Gasteiger partial charge in [0.1, 0.15) is 12.7 Å². The Labute approximate surface area is 130 Å². The zero-order chi connectivity index (χ0) is 15.4. The Morgan fingerprint density at radius 1 is 1.09 bits per heavy atom. The number of hydrogen-bond acceptors (Lipinski definition) is 6. The molecule has 2 unspecified atom stereocenters. The molecule has 2 heterocycles. The molecular weight excluding hydrogens is 284 g/mol. The maximum Gasteiger partial charge on any atom is 0.161 e. The molecule has 1 saturated heterocycles. The lowest BCUT2D eigenvalue weighted by molar-refractivity contribution is 0.0191. The first-order chi connectivity index (χ1) is 10.7. The highest BCUT2D eigenvalue weighted by Crippen LogP contribution is 2.31. The van der Waals surface area contributed by atoms with Crippen LogP contribution in [-0.4, -0.2) is 84.7 Å². The number of piperazine rings is 1. The van der Waals surface area contributed by atoms with Gasteiger partial charge in [0, 0.05) is 39.3 Å². The summed E-state index contributed by atoms with van der Waals surface area (Å²) >= 11 is 0. The van der Waals surface area contributed by atoms with Gasteiger partial charge in [0.05, 0.1) is 12.7 Å². The summed E-state index contributed by atoms with van der Waals surface area (Å²) in [6, 6.07) is 7.77. The van der Waals surface area contributed by atoms with Crippen LogP contribution in [-0.2, 0) is 0 Å². The summed E-state index contributed by atoms with van der Waals surface area (Å²) in [6.07, 6.45) is -0.581. The van der Waals surface area contributed by atoms with Crippen molar-refractivity contribution < 1.29 is 19.7 Å². The van der Waals surface area contributed by atoms with Gasteiger partial charge in [-0.05, 0) is 12.1 Å². The van der Waals surface area contributed by atoms with E-state index in [1.54, 1.807) is 0 Å². The van der Waals surface area contributed by atoms with E-state index in [0.717, 1.165) is 44.2 Å². The molecule has 2 N–H and O–H groups in total. The molecule has 0 aliphatic carbocycles. The summed E-state index contributed by atoms with van der Waals surface area (Å²) in [5, 5.41) is 18.4. The van der Waals surface area contributed by atoms with E-state index in [1.165, 1.54) is 0 Å². The Morgan fingerprint density at radius 2 is 1.77 bits per heavy atom. The quantitative estimate of drug-likeness (QED) is 0.785.